The summed E-state index contributed by atoms with van der Waals surface area (Å²) in [6.07, 6.45) is -0.0170. The molecule has 0 atom stereocenters. The van der Waals surface area contributed by atoms with Crippen LogP contribution in [0.1, 0.15) is 0 Å². The summed E-state index contributed by atoms with van der Waals surface area (Å²) in [5, 5.41) is 0. The van der Waals surface area contributed by atoms with E-state index in [9.17, 15) is 17.4 Å². The molecule has 130 valence electrons. The van der Waals surface area contributed by atoms with Crippen LogP contribution in [0.2, 0.25) is 0 Å². The van der Waals surface area contributed by atoms with E-state index in [1.54, 1.807) is 24.3 Å². The van der Waals surface area contributed by atoms with Crippen LogP contribution in [0.15, 0.2) is 40.9 Å². The van der Waals surface area contributed by atoms with Crippen LogP contribution in [0.4, 0.5) is 24.5 Å². The van der Waals surface area contributed by atoms with Crippen LogP contribution in [0.25, 0.3) is 11.1 Å². The van der Waals surface area contributed by atoms with Crippen molar-refractivity contribution in [1.29, 1.82) is 0 Å². The van der Waals surface area contributed by atoms with Crippen molar-refractivity contribution >= 4 is 21.1 Å². The number of nitrogens with two attached hydrogens (primary N) is 1. The lowest BCUT2D eigenvalue weighted by Crippen LogP contribution is -2.20. The molecule has 0 saturated carbocycles. The second kappa shape index (κ2) is 6.68. The second-order valence-electron chi connectivity index (χ2n) is 5.34. The van der Waals surface area contributed by atoms with Gasteiger partial charge in [-0.25, -0.2) is 9.19 Å². The molecule has 9 heteroatoms. The Balaban J connectivity index is 2.21. The summed E-state index contributed by atoms with van der Waals surface area (Å²) >= 11 is 0. The third-order valence-electron chi connectivity index (χ3n) is 2.78. The molecule has 0 aliphatic heterocycles. The minimum atomic E-state index is -4.45. The van der Waals surface area contributed by atoms with Gasteiger partial charge in [0, 0.05) is 34.0 Å². The number of nitrogen functional groups attached to an aromatic ring is 1. The molecule has 5 nitrogen and oxygen atoms in total. The number of aromatic nitrogens is 1. The molecule has 0 fully saturated rings. The maximum atomic E-state index is 12.1. The van der Waals surface area contributed by atoms with Gasteiger partial charge in [-0.3, -0.25) is 0 Å². The first-order valence-corrected chi connectivity index (χ1v) is 9.09. The minimum Gasteiger partial charge on any atom is -0.467 e. The number of halogens is 3. The summed E-state index contributed by atoms with van der Waals surface area (Å²) in [4.78, 5) is 3.82. The van der Waals surface area contributed by atoms with Gasteiger partial charge in [-0.05, 0) is 23.8 Å². The van der Waals surface area contributed by atoms with Crippen LogP contribution in [0, 0.1) is 0 Å². The molecule has 0 radical (unpaired) electrons. The molecule has 0 bridgehead atoms. The highest BCUT2D eigenvalue weighted by atomic mass is 32.2. The van der Waals surface area contributed by atoms with E-state index in [-0.39, 0.29) is 11.6 Å². The van der Waals surface area contributed by atoms with Crippen molar-refractivity contribution in [3.8, 4) is 17.0 Å². The van der Waals surface area contributed by atoms with Crippen LogP contribution in [0.5, 0.6) is 5.88 Å². The van der Waals surface area contributed by atoms with Crippen molar-refractivity contribution in [2.45, 2.75) is 6.18 Å². The first kappa shape index (κ1) is 18.1. The molecular formula is C15H16F3N3O2S. The van der Waals surface area contributed by atoms with Gasteiger partial charge in [-0.15, -0.1) is 0 Å². The Morgan fingerprint density at radius 2 is 1.83 bits per heavy atom. The Kier molecular flexibility index (Phi) is 5.02. The standard InChI is InChI=1S/C15H16F3N3O2S/c1-24(2,22)21-12-5-3-10(4-6-12)11-7-13(19)14(20-8-11)23-9-15(16,17)18/h3-8H,9,19H2,1-2H3. The number of nitrogens with zero attached hydrogens (tertiary/aromatic N) is 2. The maximum Gasteiger partial charge on any atom is 0.422 e. The number of rotatable bonds is 4. The monoisotopic (exact) mass is 359 g/mol. The highest BCUT2D eigenvalue weighted by molar-refractivity contribution is 7.92. The Morgan fingerprint density at radius 1 is 1.21 bits per heavy atom. The van der Waals surface area contributed by atoms with Crippen LogP contribution >= 0.6 is 0 Å². The molecule has 0 amide bonds. The van der Waals surface area contributed by atoms with Gasteiger partial charge in [0.25, 0.3) is 0 Å². The lowest BCUT2D eigenvalue weighted by molar-refractivity contribution is -0.153. The average Bonchev–Trinajstić information content (AvgIpc) is 2.44. The first-order valence-electron chi connectivity index (χ1n) is 6.76. The van der Waals surface area contributed by atoms with Crippen LogP contribution in [-0.4, -0.2) is 34.5 Å². The fourth-order valence-electron chi connectivity index (χ4n) is 1.87. The molecule has 0 unspecified atom stereocenters. The summed E-state index contributed by atoms with van der Waals surface area (Å²) in [6.45, 7) is -1.45. The van der Waals surface area contributed by atoms with E-state index in [4.69, 9.17) is 5.73 Å². The third kappa shape index (κ3) is 5.41. The number of hydrogen-bond acceptors (Lipinski definition) is 5. The predicted molar refractivity (Wildman–Crippen MR) is 87.7 cm³/mol. The number of pyridine rings is 1. The fourth-order valence-corrected chi connectivity index (χ4v) is 2.50. The molecule has 2 aromatic rings. The van der Waals surface area contributed by atoms with Crippen molar-refractivity contribution in [3.63, 3.8) is 0 Å². The topological polar surface area (TPSA) is 77.6 Å². The number of benzene rings is 1. The molecule has 2 N–H and O–H groups in total. The summed E-state index contributed by atoms with van der Waals surface area (Å²) < 4.78 is 56.7. The van der Waals surface area contributed by atoms with Gasteiger partial charge in [0.2, 0.25) is 5.88 Å². The molecule has 0 aliphatic rings. The fraction of sp³-hybridized carbons (Fsp3) is 0.267. The van der Waals surface area contributed by atoms with Crippen molar-refractivity contribution in [2.24, 2.45) is 4.36 Å². The molecule has 1 heterocycles. The minimum absolute atomic E-state index is 0.00986. The van der Waals surface area contributed by atoms with Gasteiger partial charge in [0.15, 0.2) is 6.61 Å². The molecule has 0 aliphatic carbocycles. The Labute approximate surface area is 137 Å². The van der Waals surface area contributed by atoms with Crippen LogP contribution in [-0.2, 0) is 9.73 Å². The molecule has 0 spiro atoms. The van der Waals surface area contributed by atoms with E-state index in [0.717, 1.165) is 5.56 Å². The van der Waals surface area contributed by atoms with Crippen molar-refractivity contribution in [3.05, 3.63) is 36.5 Å². The molecule has 2 rings (SSSR count). The maximum absolute atomic E-state index is 12.1. The molecule has 1 aromatic carbocycles. The third-order valence-corrected chi connectivity index (χ3v) is 3.43. The van der Waals surface area contributed by atoms with Gasteiger partial charge >= 0.3 is 6.18 Å². The Morgan fingerprint density at radius 3 is 2.33 bits per heavy atom. The normalized spacial score (nSPS) is 12.0. The molecular weight excluding hydrogens is 343 g/mol. The highest BCUT2D eigenvalue weighted by Gasteiger charge is 2.29. The summed E-state index contributed by atoms with van der Waals surface area (Å²) in [7, 11) is -2.25. The second-order valence-corrected chi connectivity index (χ2v) is 7.89. The zero-order valence-electron chi connectivity index (χ0n) is 13.0. The smallest absolute Gasteiger partial charge is 0.422 e. The predicted octanol–water partition coefficient (Wildman–Crippen LogP) is 3.63. The van der Waals surface area contributed by atoms with Gasteiger partial charge in [-0.2, -0.15) is 17.5 Å². The largest absolute Gasteiger partial charge is 0.467 e. The zero-order valence-corrected chi connectivity index (χ0v) is 13.8. The molecule has 0 saturated heterocycles. The number of hydrogen-bond donors (Lipinski definition) is 1. The SMILES string of the molecule is CS(C)(=O)=Nc1ccc(-c2cnc(OCC(F)(F)F)c(N)c2)cc1. The quantitative estimate of drug-likeness (QED) is 0.904. The Bertz CT molecular complexity index is 834. The van der Waals surface area contributed by atoms with Crippen LogP contribution in [0.3, 0.4) is 0 Å². The van der Waals surface area contributed by atoms with E-state index in [2.05, 4.69) is 14.1 Å². The molecule has 24 heavy (non-hydrogen) atoms. The van der Waals surface area contributed by atoms with E-state index in [0.29, 0.717) is 11.3 Å². The summed E-state index contributed by atoms with van der Waals surface area (Å²) in [6, 6.07) is 8.32. The van der Waals surface area contributed by atoms with Crippen molar-refractivity contribution in [1.82, 2.24) is 4.98 Å². The Hall–Kier alpha value is -2.29. The van der Waals surface area contributed by atoms with E-state index in [1.165, 1.54) is 24.8 Å². The van der Waals surface area contributed by atoms with Crippen molar-refractivity contribution < 1.29 is 22.1 Å². The van der Waals surface area contributed by atoms with Crippen LogP contribution < -0.4 is 10.5 Å². The number of alkyl halides is 3. The lowest BCUT2D eigenvalue weighted by Gasteiger charge is -2.11. The van der Waals surface area contributed by atoms with Crippen molar-refractivity contribution in [2.75, 3.05) is 24.9 Å². The van der Waals surface area contributed by atoms with E-state index in [1.807, 2.05) is 0 Å². The highest BCUT2D eigenvalue weighted by Crippen LogP contribution is 2.28. The zero-order chi connectivity index (χ0) is 18.0. The van der Waals surface area contributed by atoms with E-state index < -0.39 is 22.5 Å². The van der Waals surface area contributed by atoms with Gasteiger partial charge in [0.05, 0.1) is 11.4 Å². The summed E-state index contributed by atoms with van der Waals surface area (Å²) in [5.74, 6) is -0.264. The average molecular weight is 359 g/mol. The van der Waals surface area contributed by atoms with Gasteiger partial charge < -0.3 is 10.5 Å². The molecule has 1 aromatic heterocycles. The lowest BCUT2D eigenvalue weighted by atomic mass is 10.1. The van der Waals surface area contributed by atoms with Gasteiger partial charge in [-0.1, -0.05) is 12.1 Å². The number of anilines is 1. The summed E-state index contributed by atoms with van der Waals surface area (Å²) in [5.41, 5.74) is 7.63. The first-order chi connectivity index (χ1) is 11.0. The van der Waals surface area contributed by atoms with E-state index >= 15 is 0 Å². The van der Waals surface area contributed by atoms with Gasteiger partial charge in [0.1, 0.15) is 0 Å². The number of ether oxygens (including phenoxy) is 1.